The predicted octanol–water partition coefficient (Wildman–Crippen LogP) is 2.01. The average molecular weight is 315 g/mol. The quantitative estimate of drug-likeness (QED) is 0.778. The molecule has 3 rings (SSSR count). The third-order valence-electron chi connectivity index (χ3n) is 4.81. The normalized spacial score (nSPS) is 26.4. The van der Waals surface area contributed by atoms with Crippen molar-refractivity contribution in [3.63, 3.8) is 0 Å². The van der Waals surface area contributed by atoms with Crippen molar-refractivity contribution in [2.75, 3.05) is 25.0 Å². The Morgan fingerprint density at radius 3 is 2.61 bits per heavy atom. The van der Waals surface area contributed by atoms with Crippen LogP contribution in [0.25, 0.3) is 0 Å². The molecule has 1 saturated carbocycles. The number of anilines is 1. The number of nitrogens with one attached hydrogen (secondary N) is 3. The minimum atomic E-state index is -0.0516. The molecule has 5 nitrogen and oxygen atoms in total. The van der Waals surface area contributed by atoms with E-state index in [4.69, 9.17) is 0 Å². The Hall–Kier alpha value is -1.88. The van der Waals surface area contributed by atoms with Crippen molar-refractivity contribution >= 4 is 17.5 Å². The van der Waals surface area contributed by atoms with Gasteiger partial charge < -0.3 is 16.0 Å². The van der Waals surface area contributed by atoms with E-state index >= 15 is 0 Å². The van der Waals surface area contributed by atoms with Crippen LogP contribution in [0.3, 0.4) is 0 Å². The zero-order valence-electron chi connectivity index (χ0n) is 13.6. The fourth-order valence-corrected chi connectivity index (χ4v) is 3.06. The maximum Gasteiger partial charge on any atom is 0.251 e. The van der Waals surface area contributed by atoms with E-state index in [9.17, 15) is 9.59 Å². The third kappa shape index (κ3) is 4.32. The van der Waals surface area contributed by atoms with E-state index in [0.29, 0.717) is 23.9 Å². The summed E-state index contributed by atoms with van der Waals surface area (Å²) in [5.74, 6) is 1.20. The Morgan fingerprint density at radius 1 is 1.26 bits per heavy atom. The van der Waals surface area contributed by atoms with Crippen LogP contribution in [0, 0.1) is 17.8 Å². The maximum atomic E-state index is 12.2. The number of carbonyl (C=O) groups is 2. The van der Waals surface area contributed by atoms with Crippen LogP contribution in [0.2, 0.25) is 0 Å². The Morgan fingerprint density at radius 2 is 2.00 bits per heavy atom. The third-order valence-corrected chi connectivity index (χ3v) is 4.81. The summed E-state index contributed by atoms with van der Waals surface area (Å²) in [4.78, 5) is 24.0. The first kappa shape index (κ1) is 16.0. The van der Waals surface area contributed by atoms with Gasteiger partial charge in [0.15, 0.2) is 0 Å². The second-order valence-corrected chi connectivity index (χ2v) is 6.81. The molecular formula is C18H25N3O2. The molecule has 1 aliphatic heterocycles. The van der Waals surface area contributed by atoms with Crippen molar-refractivity contribution in [2.24, 2.45) is 17.8 Å². The van der Waals surface area contributed by atoms with E-state index in [0.717, 1.165) is 31.6 Å². The van der Waals surface area contributed by atoms with Crippen molar-refractivity contribution < 1.29 is 9.59 Å². The predicted molar refractivity (Wildman–Crippen MR) is 90.3 cm³/mol. The summed E-state index contributed by atoms with van der Waals surface area (Å²) >= 11 is 0. The molecule has 2 amide bonds. The second-order valence-electron chi connectivity index (χ2n) is 6.81. The Balaban J connectivity index is 1.47. The van der Waals surface area contributed by atoms with Gasteiger partial charge in [0.05, 0.1) is 0 Å². The van der Waals surface area contributed by atoms with E-state index < -0.39 is 0 Å². The molecule has 1 aromatic rings. The maximum absolute atomic E-state index is 12.2. The number of benzene rings is 1. The smallest absolute Gasteiger partial charge is 0.251 e. The van der Waals surface area contributed by atoms with Crippen LogP contribution in [0.4, 0.5) is 5.69 Å². The number of amides is 2. The van der Waals surface area contributed by atoms with Gasteiger partial charge in [-0.05, 0) is 68.5 Å². The number of hydrogen-bond donors (Lipinski definition) is 3. The van der Waals surface area contributed by atoms with Crippen LogP contribution < -0.4 is 16.0 Å². The van der Waals surface area contributed by atoms with Crippen molar-refractivity contribution in [3.8, 4) is 0 Å². The van der Waals surface area contributed by atoms with Crippen LogP contribution in [0.15, 0.2) is 24.3 Å². The van der Waals surface area contributed by atoms with Gasteiger partial charge in [-0.25, -0.2) is 0 Å². The largest absolute Gasteiger partial charge is 0.352 e. The molecule has 1 heterocycles. The summed E-state index contributed by atoms with van der Waals surface area (Å²) in [7, 11) is 0. The second kappa shape index (κ2) is 7.13. The van der Waals surface area contributed by atoms with Gasteiger partial charge in [0, 0.05) is 23.7 Å². The summed E-state index contributed by atoms with van der Waals surface area (Å²) in [6.07, 6.45) is 3.31. The lowest BCUT2D eigenvalue weighted by Crippen LogP contribution is -2.38. The van der Waals surface area contributed by atoms with Gasteiger partial charge in [-0.2, -0.15) is 0 Å². The minimum absolute atomic E-state index is 0.0516. The van der Waals surface area contributed by atoms with Crippen molar-refractivity contribution in [3.05, 3.63) is 29.8 Å². The lowest BCUT2D eigenvalue weighted by atomic mass is 9.99. The van der Waals surface area contributed by atoms with Crippen molar-refractivity contribution in [1.29, 1.82) is 0 Å². The molecule has 0 bridgehead atoms. The topological polar surface area (TPSA) is 70.2 Å². The zero-order valence-corrected chi connectivity index (χ0v) is 13.6. The van der Waals surface area contributed by atoms with Gasteiger partial charge in [0.2, 0.25) is 5.91 Å². The monoisotopic (exact) mass is 315 g/mol. The number of piperidine rings is 1. The van der Waals surface area contributed by atoms with Gasteiger partial charge in [0.1, 0.15) is 0 Å². The van der Waals surface area contributed by atoms with Gasteiger partial charge in [0.25, 0.3) is 5.91 Å². The van der Waals surface area contributed by atoms with Crippen LogP contribution in [-0.4, -0.2) is 31.4 Å². The fraction of sp³-hybridized carbons (Fsp3) is 0.556. The molecule has 3 N–H and O–H groups in total. The van der Waals surface area contributed by atoms with E-state index in [2.05, 4.69) is 22.9 Å². The minimum Gasteiger partial charge on any atom is -0.352 e. The molecule has 5 heteroatoms. The fourth-order valence-electron chi connectivity index (χ4n) is 3.06. The number of carbonyl (C=O) groups excluding carboxylic acids is 2. The molecular weight excluding hydrogens is 290 g/mol. The molecule has 3 atom stereocenters. The highest BCUT2D eigenvalue weighted by atomic mass is 16.2. The highest BCUT2D eigenvalue weighted by Crippen LogP contribution is 2.38. The summed E-state index contributed by atoms with van der Waals surface area (Å²) in [6.45, 7) is 4.85. The molecule has 2 fully saturated rings. The number of hydrogen-bond acceptors (Lipinski definition) is 3. The molecule has 23 heavy (non-hydrogen) atoms. The first-order valence-corrected chi connectivity index (χ1v) is 8.53. The summed E-state index contributed by atoms with van der Waals surface area (Å²) < 4.78 is 0. The van der Waals surface area contributed by atoms with Crippen LogP contribution in [-0.2, 0) is 4.79 Å². The SMILES string of the molecule is CC1CC1C(=O)Nc1ccc(C(=O)NCC2CCCNC2)cc1. The van der Waals surface area contributed by atoms with Crippen LogP contribution in [0.1, 0.15) is 36.5 Å². The molecule has 2 aliphatic rings. The Kier molecular flexibility index (Phi) is 4.96. The lowest BCUT2D eigenvalue weighted by molar-refractivity contribution is -0.117. The van der Waals surface area contributed by atoms with E-state index in [1.54, 1.807) is 24.3 Å². The molecule has 0 aromatic heterocycles. The summed E-state index contributed by atoms with van der Waals surface area (Å²) in [5, 5.41) is 9.25. The molecule has 1 aliphatic carbocycles. The van der Waals surface area contributed by atoms with Gasteiger partial charge in [-0.15, -0.1) is 0 Å². The number of rotatable bonds is 5. The lowest BCUT2D eigenvalue weighted by Gasteiger charge is -2.22. The Labute approximate surface area is 137 Å². The van der Waals surface area contributed by atoms with E-state index in [1.807, 2.05) is 0 Å². The zero-order chi connectivity index (χ0) is 16.2. The molecule has 1 aromatic carbocycles. The summed E-state index contributed by atoms with van der Waals surface area (Å²) in [5.41, 5.74) is 1.38. The van der Waals surface area contributed by atoms with Gasteiger partial charge >= 0.3 is 0 Å². The molecule has 0 spiro atoms. The highest BCUT2D eigenvalue weighted by molar-refractivity contribution is 5.96. The average Bonchev–Trinajstić information content (AvgIpc) is 3.31. The standard InChI is InChI=1S/C18H25N3O2/c1-12-9-16(12)18(23)21-15-6-4-14(5-7-15)17(22)20-11-13-3-2-8-19-10-13/h4-7,12-13,16,19H,2-3,8-11H2,1H3,(H,20,22)(H,21,23). The first-order valence-electron chi connectivity index (χ1n) is 8.53. The van der Waals surface area contributed by atoms with Crippen molar-refractivity contribution in [1.82, 2.24) is 10.6 Å². The molecule has 1 saturated heterocycles. The Bertz CT molecular complexity index is 564. The first-order chi connectivity index (χ1) is 11.1. The van der Waals surface area contributed by atoms with E-state index in [1.165, 1.54) is 6.42 Å². The summed E-state index contributed by atoms with van der Waals surface area (Å²) in [6, 6.07) is 7.12. The van der Waals surface area contributed by atoms with Gasteiger partial charge in [-0.1, -0.05) is 6.92 Å². The molecule has 3 unspecified atom stereocenters. The van der Waals surface area contributed by atoms with Gasteiger partial charge in [-0.3, -0.25) is 9.59 Å². The van der Waals surface area contributed by atoms with Crippen LogP contribution in [0.5, 0.6) is 0 Å². The van der Waals surface area contributed by atoms with Crippen LogP contribution >= 0.6 is 0 Å². The van der Waals surface area contributed by atoms with E-state index in [-0.39, 0.29) is 17.7 Å². The van der Waals surface area contributed by atoms with Crippen molar-refractivity contribution in [2.45, 2.75) is 26.2 Å². The molecule has 0 radical (unpaired) electrons. The highest BCUT2D eigenvalue weighted by Gasteiger charge is 2.39. The molecule has 124 valence electrons.